The van der Waals surface area contributed by atoms with E-state index in [1.54, 1.807) is 19.5 Å². The molecule has 0 bridgehead atoms. The normalized spacial score (nSPS) is 13.0. The van der Waals surface area contributed by atoms with E-state index in [0.29, 0.717) is 12.2 Å². The quantitative estimate of drug-likeness (QED) is 0.766. The minimum Gasteiger partial charge on any atom is -0.496 e. The van der Waals surface area contributed by atoms with E-state index in [1.165, 1.54) is 15.6 Å². The number of hydrogen-bond donors (Lipinski definition) is 1. The number of hydrogen-bond acceptors (Lipinski definition) is 4. The zero-order valence-electron chi connectivity index (χ0n) is 14.7. The Morgan fingerprint density at radius 3 is 2.88 bits per heavy atom. The topological polar surface area (TPSA) is 68.5 Å². The highest BCUT2D eigenvalue weighted by Gasteiger charge is 2.20. The smallest absolute Gasteiger partial charge is 0.273 e. The van der Waals surface area contributed by atoms with Crippen LogP contribution in [0.1, 0.15) is 39.2 Å². The van der Waals surface area contributed by atoms with Gasteiger partial charge in [-0.15, -0.1) is 0 Å². The highest BCUT2D eigenvalue weighted by molar-refractivity contribution is 6.36. The van der Waals surface area contributed by atoms with Crippen molar-refractivity contribution in [3.63, 3.8) is 0 Å². The molecule has 3 aromatic rings. The first-order valence-corrected chi connectivity index (χ1v) is 8.92. The summed E-state index contributed by atoms with van der Waals surface area (Å²) in [7, 11) is 1.65. The molecule has 7 heteroatoms. The molecule has 2 aromatic heterocycles. The maximum atomic E-state index is 12.6. The van der Waals surface area contributed by atoms with Gasteiger partial charge in [-0.25, -0.2) is 9.50 Å². The molecule has 0 fully saturated rings. The van der Waals surface area contributed by atoms with Crippen molar-refractivity contribution in [3.05, 3.63) is 57.5 Å². The number of aryl methyl sites for hydroxylation is 3. The molecule has 1 aliphatic rings. The lowest BCUT2D eigenvalue weighted by Gasteiger charge is -2.12. The molecule has 2 heterocycles. The van der Waals surface area contributed by atoms with Crippen LogP contribution in [0, 0.1) is 6.92 Å². The van der Waals surface area contributed by atoms with E-state index in [4.69, 9.17) is 16.3 Å². The number of rotatable bonds is 4. The number of halogens is 1. The van der Waals surface area contributed by atoms with Crippen LogP contribution in [-0.2, 0) is 19.4 Å². The van der Waals surface area contributed by atoms with E-state index in [0.717, 1.165) is 36.1 Å². The van der Waals surface area contributed by atoms with E-state index in [-0.39, 0.29) is 16.6 Å². The summed E-state index contributed by atoms with van der Waals surface area (Å²) in [5.74, 6) is 0.463. The predicted molar refractivity (Wildman–Crippen MR) is 98.9 cm³/mol. The SMILES string of the molecule is COc1cc2c(cc1CNC(=O)c1nn3cc(C)cnc3c1Cl)CCC2. The van der Waals surface area contributed by atoms with Gasteiger partial charge in [-0.2, -0.15) is 5.10 Å². The Morgan fingerprint density at radius 2 is 2.12 bits per heavy atom. The molecule has 0 saturated carbocycles. The average molecular weight is 371 g/mol. The van der Waals surface area contributed by atoms with Crippen molar-refractivity contribution in [1.82, 2.24) is 19.9 Å². The number of methoxy groups -OCH3 is 1. The van der Waals surface area contributed by atoms with Gasteiger partial charge >= 0.3 is 0 Å². The summed E-state index contributed by atoms with van der Waals surface area (Å²) >= 11 is 6.29. The lowest BCUT2D eigenvalue weighted by molar-refractivity contribution is 0.0945. The van der Waals surface area contributed by atoms with Crippen molar-refractivity contribution < 1.29 is 9.53 Å². The van der Waals surface area contributed by atoms with Crippen LogP contribution >= 0.6 is 11.6 Å². The average Bonchev–Trinajstić information content (AvgIpc) is 3.22. The number of nitrogens with zero attached hydrogens (tertiary/aromatic N) is 3. The Bertz CT molecular complexity index is 1010. The first-order valence-electron chi connectivity index (χ1n) is 8.54. The molecule has 134 valence electrons. The van der Waals surface area contributed by atoms with Crippen LogP contribution in [0.15, 0.2) is 24.5 Å². The number of carbonyl (C=O) groups is 1. The molecule has 1 aromatic carbocycles. The molecule has 1 aliphatic carbocycles. The van der Waals surface area contributed by atoms with Crippen LogP contribution < -0.4 is 10.1 Å². The molecule has 0 saturated heterocycles. The first-order chi connectivity index (χ1) is 12.6. The monoisotopic (exact) mass is 370 g/mol. The second-order valence-corrected chi connectivity index (χ2v) is 6.91. The van der Waals surface area contributed by atoms with Gasteiger partial charge in [-0.1, -0.05) is 17.7 Å². The first kappa shape index (κ1) is 16.8. The molecule has 0 aliphatic heterocycles. The number of aromatic nitrogens is 3. The van der Waals surface area contributed by atoms with E-state index < -0.39 is 0 Å². The minimum absolute atomic E-state index is 0.171. The van der Waals surface area contributed by atoms with E-state index >= 15 is 0 Å². The molecule has 1 amide bonds. The summed E-state index contributed by atoms with van der Waals surface area (Å²) in [6.07, 6.45) is 6.80. The summed E-state index contributed by atoms with van der Waals surface area (Å²) in [5, 5.41) is 7.41. The summed E-state index contributed by atoms with van der Waals surface area (Å²) < 4.78 is 7.02. The van der Waals surface area contributed by atoms with Crippen LogP contribution in [0.4, 0.5) is 0 Å². The van der Waals surface area contributed by atoms with Crippen LogP contribution in [0.5, 0.6) is 5.75 Å². The lowest BCUT2D eigenvalue weighted by atomic mass is 10.0. The Kier molecular flexibility index (Phi) is 4.28. The third-order valence-electron chi connectivity index (χ3n) is 4.69. The van der Waals surface area contributed by atoms with E-state index in [2.05, 4.69) is 27.5 Å². The summed E-state index contributed by atoms with van der Waals surface area (Å²) in [6, 6.07) is 4.20. The van der Waals surface area contributed by atoms with Crippen LogP contribution in [-0.4, -0.2) is 27.6 Å². The zero-order valence-corrected chi connectivity index (χ0v) is 15.4. The molecular formula is C19H19ClN4O2. The Labute approximate surface area is 156 Å². The van der Waals surface area contributed by atoms with Gasteiger partial charge < -0.3 is 10.1 Å². The second kappa shape index (κ2) is 6.61. The zero-order chi connectivity index (χ0) is 18.3. The van der Waals surface area contributed by atoms with E-state index in [1.807, 2.05) is 6.92 Å². The molecule has 1 N–H and O–H groups in total. The number of benzene rings is 1. The van der Waals surface area contributed by atoms with Crippen LogP contribution in [0.3, 0.4) is 0 Å². The van der Waals surface area contributed by atoms with Crippen molar-refractivity contribution in [2.24, 2.45) is 0 Å². The number of fused-ring (bicyclic) bond motifs is 2. The molecule has 0 radical (unpaired) electrons. The Hall–Kier alpha value is -2.60. The van der Waals surface area contributed by atoms with Gasteiger partial charge in [0.2, 0.25) is 0 Å². The van der Waals surface area contributed by atoms with Gasteiger partial charge in [0.15, 0.2) is 11.3 Å². The van der Waals surface area contributed by atoms with E-state index in [9.17, 15) is 4.79 Å². The fraction of sp³-hybridized carbons (Fsp3) is 0.316. The van der Waals surface area contributed by atoms with Crippen LogP contribution in [0.2, 0.25) is 5.02 Å². The highest BCUT2D eigenvalue weighted by atomic mass is 35.5. The molecule has 0 unspecified atom stereocenters. The number of ether oxygens (including phenoxy) is 1. The number of carbonyl (C=O) groups excluding carboxylic acids is 1. The van der Waals surface area contributed by atoms with Crippen molar-refractivity contribution in [1.29, 1.82) is 0 Å². The van der Waals surface area contributed by atoms with Gasteiger partial charge in [-0.3, -0.25) is 4.79 Å². The molecule has 6 nitrogen and oxygen atoms in total. The second-order valence-electron chi connectivity index (χ2n) is 6.53. The third-order valence-corrected chi connectivity index (χ3v) is 5.04. The Morgan fingerprint density at radius 1 is 1.35 bits per heavy atom. The lowest BCUT2D eigenvalue weighted by Crippen LogP contribution is -2.24. The van der Waals surface area contributed by atoms with Crippen molar-refractivity contribution in [2.45, 2.75) is 32.7 Å². The van der Waals surface area contributed by atoms with Gasteiger partial charge in [0.1, 0.15) is 10.8 Å². The summed E-state index contributed by atoms with van der Waals surface area (Å²) in [5.41, 5.74) is 5.20. The van der Waals surface area contributed by atoms with Crippen LogP contribution in [0.25, 0.3) is 5.65 Å². The molecule has 26 heavy (non-hydrogen) atoms. The van der Waals surface area contributed by atoms with Crippen molar-refractivity contribution >= 4 is 23.2 Å². The number of nitrogens with one attached hydrogen (secondary N) is 1. The molecule has 0 spiro atoms. The molecule has 4 rings (SSSR count). The van der Waals surface area contributed by atoms with Crippen molar-refractivity contribution in [2.75, 3.05) is 7.11 Å². The van der Waals surface area contributed by atoms with Gasteiger partial charge in [0.05, 0.1) is 7.11 Å². The third kappa shape index (κ3) is 2.90. The minimum atomic E-state index is -0.333. The molecule has 0 atom stereocenters. The summed E-state index contributed by atoms with van der Waals surface area (Å²) in [6.45, 7) is 2.26. The largest absolute Gasteiger partial charge is 0.496 e. The fourth-order valence-corrected chi connectivity index (χ4v) is 3.64. The highest BCUT2D eigenvalue weighted by Crippen LogP contribution is 2.30. The summed E-state index contributed by atoms with van der Waals surface area (Å²) in [4.78, 5) is 16.8. The molecular weight excluding hydrogens is 352 g/mol. The maximum absolute atomic E-state index is 12.6. The Balaban J connectivity index is 1.57. The van der Waals surface area contributed by atoms with Crippen molar-refractivity contribution in [3.8, 4) is 5.75 Å². The standard InChI is InChI=1S/C19H19ClN4O2/c1-11-8-21-18-16(20)17(23-24(18)10-11)19(25)22-9-14-6-12-4-3-5-13(12)7-15(14)26-2/h6-8,10H,3-5,9H2,1-2H3,(H,22,25). The van der Waals surface area contributed by atoms with Gasteiger partial charge in [0, 0.05) is 24.5 Å². The maximum Gasteiger partial charge on any atom is 0.273 e. The van der Waals surface area contributed by atoms with Gasteiger partial charge in [-0.05, 0) is 48.9 Å². The van der Waals surface area contributed by atoms with Gasteiger partial charge in [0.25, 0.3) is 5.91 Å². The number of amides is 1. The predicted octanol–water partition coefficient (Wildman–Crippen LogP) is 3.12. The fourth-order valence-electron chi connectivity index (χ4n) is 3.39.